The van der Waals surface area contributed by atoms with Crippen molar-refractivity contribution in [1.29, 1.82) is 0 Å². The first kappa shape index (κ1) is 22.2. The molecule has 2 N–H and O–H groups in total. The number of amides is 1. The third-order valence-electron chi connectivity index (χ3n) is 4.92. The van der Waals surface area contributed by atoms with Gasteiger partial charge in [-0.1, -0.05) is 48.5 Å². The smallest absolute Gasteiger partial charge is 0.344 e. The number of carbonyl (C=O) groups is 2. The van der Waals surface area contributed by atoms with Gasteiger partial charge in [0.05, 0.1) is 22.3 Å². The number of phenolic OH excluding ortho intramolecular Hbond substituents is 1. The molecule has 34 heavy (non-hydrogen) atoms. The van der Waals surface area contributed by atoms with Crippen molar-refractivity contribution in [1.82, 2.24) is 5.43 Å². The number of esters is 1. The van der Waals surface area contributed by atoms with Gasteiger partial charge in [-0.05, 0) is 41.1 Å². The van der Waals surface area contributed by atoms with E-state index in [1.807, 2.05) is 18.2 Å². The quantitative estimate of drug-likeness (QED) is 0.145. The summed E-state index contributed by atoms with van der Waals surface area (Å²) >= 11 is 0. The summed E-state index contributed by atoms with van der Waals surface area (Å²) in [5, 5.41) is 26.6. The van der Waals surface area contributed by atoms with E-state index in [1.54, 1.807) is 36.4 Å². The highest BCUT2D eigenvalue weighted by atomic mass is 16.6. The number of fused-ring (bicyclic) bond motifs is 1. The summed E-state index contributed by atoms with van der Waals surface area (Å²) in [6.45, 7) is 0. The van der Waals surface area contributed by atoms with Gasteiger partial charge >= 0.3 is 11.7 Å². The molecule has 9 nitrogen and oxygen atoms in total. The van der Waals surface area contributed by atoms with Crippen LogP contribution in [0.4, 0.5) is 5.69 Å². The number of hydrogen-bond donors (Lipinski definition) is 2. The maximum Gasteiger partial charge on any atom is 0.344 e. The Kier molecular flexibility index (Phi) is 6.26. The Morgan fingerprint density at radius 2 is 1.65 bits per heavy atom. The van der Waals surface area contributed by atoms with Gasteiger partial charge in [0.25, 0.3) is 5.91 Å². The number of ether oxygens (including phenoxy) is 1. The van der Waals surface area contributed by atoms with Gasteiger partial charge < -0.3 is 9.84 Å². The molecule has 0 fully saturated rings. The highest BCUT2D eigenvalue weighted by Crippen LogP contribution is 2.29. The third-order valence-corrected chi connectivity index (χ3v) is 4.92. The Balaban J connectivity index is 1.53. The van der Waals surface area contributed by atoms with Crippen LogP contribution in [0, 0.1) is 10.1 Å². The SMILES string of the molecule is O=C(N/N=C\c1ccc(OC(=O)c2cccc3ccccc23)c([N+](=O)[O-])c1)c1ccccc1O. The maximum atomic E-state index is 12.8. The first-order valence-corrected chi connectivity index (χ1v) is 10.0. The van der Waals surface area contributed by atoms with Gasteiger partial charge in [0.15, 0.2) is 0 Å². The van der Waals surface area contributed by atoms with Gasteiger partial charge in [0.1, 0.15) is 5.75 Å². The van der Waals surface area contributed by atoms with E-state index in [0.29, 0.717) is 5.39 Å². The van der Waals surface area contributed by atoms with Crippen LogP contribution >= 0.6 is 0 Å². The zero-order valence-corrected chi connectivity index (χ0v) is 17.5. The summed E-state index contributed by atoms with van der Waals surface area (Å²) in [4.78, 5) is 35.7. The lowest BCUT2D eigenvalue weighted by atomic mass is 10.0. The number of nitro groups is 1. The van der Waals surface area contributed by atoms with Gasteiger partial charge in [-0.2, -0.15) is 5.10 Å². The number of benzene rings is 4. The molecule has 0 aliphatic rings. The van der Waals surface area contributed by atoms with Crippen molar-refractivity contribution >= 4 is 34.6 Å². The summed E-state index contributed by atoms with van der Waals surface area (Å²) < 4.78 is 5.35. The second-order valence-electron chi connectivity index (χ2n) is 7.12. The molecule has 0 unspecified atom stereocenters. The molecule has 168 valence electrons. The van der Waals surface area contributed by atoms with Crippen molar-refractivity contribution in [3.05, 3.63) is 112 Å². The van der Waals surface area contributed by atoms with E-state index in [1.165, 1.54) is 36.5 Å². The number of aromatic hydroxyl groups is 1. The Morgan fingerprint density at radius 1 is 0.941 bits per heavy atom. The molecule has 0 aliphatic heterocycles. The molecule has 0 saturated carbocycles. The topological polar surface area (TPSA) is 131 Å². The Bertz CT molecular complexity index is 1440. The van der Waals surface area contributed by atoms with Crippen LogP contribution in [-0.4, -0.2) is 28.1 Å². The molecular formula is C25H17N3O6. The van der Waals surface area contributed by atoms with Crippen molar-refractivity contribution in [2.75, 3.05) is 0 Å². The molecular weight excluding hydrogens is 438 g/mol. The molecule has 4 aromatic rings. The summed E-state index contributed by atoms with van der Waals surface area (Å²) in [6.07, 6.45) is 1.20. The van der Waals surface area contributed by atoms with Crippen LogP contribution in [0.25, 0.3) is 10.8 Å². The van der Waals surface area contributed by atoms with Crippen LogP contribution in [-0.2, 0) is 0 Å². The standard InChI is InChI=1S/C25H17N3O6/c29-22-11-4-3-9-20(22)24(30)27-26-15-16-12-13-23(21(14-16)28(32)33)34-25(31)19-10-5-7-17-6-1-2-8-18(17)19/h1-15,29H,(H,27,30)/b26-15-. The van der Waals surface area contributed by atoms with E-state index in [9.17, 15) is 24.8 Å². The fraction of sp³-hybridized carbons (Fsp3) is 0. The van der Waals surface area contributed by atoms with Gasteiger partial charge in [0, 0.05) is 11.6 Å². The van der Waals surface area contributed by atoms with Crippen molar-refractivity contribution in [3.63, 3.8) is 0 Å². The molecule has 1 amide bonds. The summed E-state index contributed by atoms with van der Waals surface area (Å²) in [6, 6.07) is 22.2. The van der Waals surface area contributed by atoms with Gasteiger partial charge in [-0.15, -0.1) is 0 Å². The van der Waals surface area contributed by atoms with Crippen molar-refractivity contribution in [2.45, 2.75) is 0 Å². The minimum Gasteiger partial charge on any atom is -0.507 e. The second-order valence-corrected chi connectivity index (χ2v) is 7.12. The van der Waals surface area contributed by atoms with Crippen molar-refractivity contribution in [2.24, 2.45) is 5.10 Å². The highest BCUT2D eigenvalue weighted by Gasteiger charge is 2.20. The largest absolute Gasteiger partial charge is 0.507 e. The minimum atomic E-state index is -0.726. The maximum absolute atomic E-state index is 12.8. The molecule has 4 aromatic carbocycles. The van der Waals surface area contributed by atoms with Crippen LogP contribution in [0.1, 0.15) is 26.3 Å². The first-order chi connectivity index (χ1) is 16.4. The second kappa shape index (κ2) is 9.61. The van der Waals surface area contributed by atoms with E-state index in [-0.39, 0.29) is 28.2 Å². The minimum absolute atomic E-state index is 0.0290. The molecule has 0 bridgehead atoms. The van der Waals surface area contributed by atoms with E-state index in [2.05, 4.69) is 10.5 Å². The number of hydrazone groups is 1. The van der Waals surface area contributed by atoms with Gasteiger partial charge in [0.2, 0.25) is 5.75 Å². The van der Waals surface area contributed by atoms with Gasteiger partial charge in [-0.3, -0.25) is 14.9 Å². The number of para-hydroxylation sites is 1. The number of rotatable bonds is 6. The lowest BCUT2D eigenvalue weighted by Crippen LogP contribution is -2.17. The first-order valence-electron chi connectivity index (χ1n) is 10.0. The van der Waals surface area contributed by atoms with Crippen LogP contribution < -0.4 is 10.2 Å². The molecule has 0 heterocycles. The summed E-state index contributed by atoms with van der Waals surface area (Å²) in [5.74, 6) is -1.80. The number of nitrogens with one attached hydrogen (secondary N) is 1. The zero-order valence-electron chi connectivity index (χ0n) is 17.5. The van der Waals surface area contributed by atoms with Crippen LogP contribution in [0.15, 0.2) is 90.0 Å². The fourth-order valence-corrected chi connectivity index (χ4v) is 3.29. The highest BCUT2D eigenvalue weighted by molar-refractivity contribution is 6.05. The van der Waals surface area contributed by atoms with E-state index in [4.69, 9.17) is 4.74 Å². The van der Waals surface area contributed by atoms with Crippen LogP contribution in [0.5, 0.6) is 11.5 Å². The predicted molar refractivity (Wildman–Crippen MR) is 125 cm³/mol. The fourth-order valence-electron chi connectivity index (χ4n) is 3.29. The van der Waals surface area contributed by atoms with Gasteiger partial charge in [-0.25, -0.2) is 10.2 Å². The molecule has 0 spiro atoms. The molecule has 0 aromatic heterocycles. The Hall–Kier alpha value is -5.05. The molecule has 0 radical (unpaired) electrons. The summed E-state index contributed by atoms with van der Waals surface area (Å²) in [5.41, 5.74) is 2.40. The average molecular weight is 455 g/mol. The zero-order chi connectivity index (χ0) is 24.1. The monoisotopic (exact) mass is 455 g/mol. The number of hydrogen-bond acceptors (Lipinski definition) is 7. The molecule has 4 rings (SSSR count). The Morgan fingerprint density at radius 3 is 2.44 bits per heavy atom. The lowest BCUT2D eigenvalue weighted by molar-refractivity contribution is -0.385. The van der Waals surface area contributed by atoms with Crippen molar-refractivity contribution < 1.29 is 24.4 Å². The average Bonchev–Trinajstić information content (AvgIpc) is 2.84. The van der Waals surface area contributed by atoms with Crippen LogP contribution in [0.2, 0.25) is 0 Å². The number of carbonyl (C=O) groups excluding carboxylic acids is 2. The normalized spacial score (nSPS) is 10.8. The van der Waals surface area contributed by atoms with Crippen LogP contribution in [0.3, 0.4) is 0 Å². The lowest BCUT2D eigenvalue weighted by Gasteiger charge is -2.08. The molecule has 9 heteroatoms. The third kappa shape index (κ3) is 4.73. The van der Waals surface area contributed by atoms with Crippen molar-refractivity contribution in [3.8, 4) is 11.5 Å². The Labute approximate surface area is 193 Å². The van der Waals surface area contributed by atoms with E-state index >= 15 is 0 Å². The predicted octanol–water partition coefficient (Wildman–Crippen LogP) is 4.44. The summed E-state index contributed by atoms with van der Waals surface area (Å²) in [7, 11) is 0. The molecule has 0 aliphatic carbocycles. The van der Waals surface area contributed by atoms with E-state index < -0.39 is 22.5 Å². The number of nitro benzene ring substituents is 1. The molecule has 0 atom stereocenters. The molecule has 0 saturated heterocycles. The number of nitrogens with zero attached hydrogens (tertiary/aromatic N) is 2. The van der Waals surface area contributed by atoms with E-state index in [0.717, 1.165) is 5.39 Å². The number of phenols is 1.